The molecule has 0 aliphatic heterocycles. The quantitative estimate of drug-likeness (QED) is 0.307. The molecule has 0 radical (unpaired) electrons. The Morgan fingerprint density at radius 3 is 2.58 bits per heavy atom. The van der Waals surface area contributed by atoms with Crippen molar-refractivity contribution in [1.82, 2.24) is 4.98 Å². The minimum Gasteiger partial charge on any atom is -0.423 e. The van der Waals surface area contributed by atoms with Gasteiger partial charge in [-0.05, 0) is 62.7 Å². The van der Waals surface area contributed by atoms with Crippen molar-refractivity contribution in [3.05, 3.63) is 75.8 Å². The number of hydrogen-bond donors (Lipinski definition) is 1. The minimum absolute atomic E-state index is 0.369. The second kappa shape index (κ2) is 7.93. The fourth-order valence-corrected chi connectivity index (χ4v) is 3.01. The standard InChI is InChI=1S/C20H19N3O2S/c1-13-5-4-6-17(11-13)19(24)25-18-9-7-16(8-10-18)12-21-23-20-22-14(2)15(3)26-20/h4-12H,1-3H3,(H,22,23)/b21-12-. The van der Waals surface area contributed by atoms with Gasteiger partial charge in [0.05, 0.1) is 17.5 Å². The number of hydrogen-bond acceptors (Lipinski definition) is 6. The zero-order chi connectivity index (χ0) is 18.5. The Morgan fingerprint density at radius 1 is 1.15 bits per heavy atom. The predicted octanol–water partition coefficient (Wildman–Crippen LogP) is 4.73. The molecule has 0 aliphatic carbocycles. The number of aryl methyl sites for hydroxylation is 3. The number of thiazole rings is 1. The molecule has 0 atom stereocenters. The van der Waals surface area contributed by atoms with Crippen LogP contribution in [0.4, 0.5) is 5.13 Å². The maximum atomic E-state index is 12.1. The summed E-state index contributed by atoms with van der Waals surface area (Å²) in [5, 5.41) is 4.94. The predicted molar refractivity (Wildman–Crippen MR) is 105 cm³/mol. The van der Waals surface area contributed by atoms with E-state index in [-0.39, 0.29) is 5.97 Å². The Morgan fingerprint density at radius 2 is 1.92 bits per heavy atom. The molecule has 0 aliphatic rings. The van der Waals surface area contributed by atoms with Gasteiger partial charge in [0, 0.05) is 4.88 Å². The lowest BCUT2D eigenvalue weighted by atomic mass is 10.1. The van der Waals surface area contributed by atoms with Gasteiger partial charge in [-0.25, -0.2) is 9.78 Å². The summed E-state index contributed by atoms with van der Waals surface area (Å²) < 4.78 is 5.39. The number of nitrogens with zero attached hydrogens (tertiary/aromatic N) is 2. The molecule has 0 saturated heterocycles. The Bertz CT molecular complexity index is 926. The fourth-order valence-electron chi connectivity index (χ4n) is 2.24. The van der Waals surface area contributed by atoms with E-state index in [1.54, 1.807) is 41.8 Å². The summed E-state index contributed by atoms with van der Waals surface area (Å²) in [7, 11) is 0. The molecule has 5 nitrogen and oxygen atoms in total. The Hall–Kier alpha value is -2.99. The average Bonchev–Trinajstić information content (AvgIpc) is 2.94. The molecule has 0 saturated carbocycles. The molecular formula is C20H19N3O2S. The van der Waals surface area contributed by atoms with Gasteiger partial charge >= 0.3 is 5.97 Å². The first-order chi connectivity index (χ1) is 12.5. The second-order valence-electron chi connectivity index (χ2n) is 5.86. The molecule has 26 heavy (non-hydrogen) atoms. The van der Waals surface area contributed by atoms with E-state index in [0.717, 1.165) is 22.0 Å². The number of aromatic nitrogens is 1. The minimum atomic E-state index is -0.369. The topological polar surface area (TPSA) is 63.6 Å². The molecule has 0 amide bonds. The van der Waals surface area contributed by atoms with Gasteiger partial charge in [-0.2, -0.15) is 5.10 Å². The number of rotatable bonds is 5. The molecule has 3 rings (SSSR count). The first-order valence-corrected chi connectivity index (χ1v) is 8.95. The Balaban J connectivity index is 1.59. The molecule has 0 bridgehead atoms. The molecule has 0 spiro atoms. The number of carbonyl (C=O) groups is 1. The van der Waals surface area contributed by atoms with Crippen LogP contribution in [0.2, 0.25) is 0 Å². The number of benzene rings is 2. The van der Waals surface area contributed by atoms with Gasteiger partial charge in [0.2, 0.25) is 5.13 Å². The molecule has 0 fully saturated rings. The van der Waals surface area contributed by atoms with Crippen LogP contribution in [0.15, 0.2) is 53.6 Å². The summed E-state index contributed by atoms with van der Waals surface area (Å²) in [5.41, 5.74) is 6.37. The monoisotopic (exact) mass is 365 g/mol. The van der Waals surface area contributed by atoms with Crippen molar-refractivity contribution in [1.29, 1.82) is 0 Å². The van der Waals surface area contributed by atoms with E-state index in [1.165, 1.54) is 4.88 Å². The van der Waals surface area contributed by atoms with Crippen LogP contribution in [-0.4, -0.2) is 17.2 Å². The fraction of sp³-hybridized carbons (Fsp3) is 0.150. The molecule has 1 aromatic heterocycles. The van der Waals surface area contributed by atoms with Crippen molar-refractivity contribution in [3.8, 4) is 5.75 Å². The highest BCUT2D eigenvalue weighted by Crippen LogP contribution is 2.21. The van der Waals surface area contributed by atoms with Gasteiger partial charge in [-0.3, -0.25) is 5.43 Å². The van der Waals surface area contributed by atoms with Crippen LogP contribution in [0.3, 0.4) is 0 Å². The summed E-state index contributed by atoms with van der Waals surface area (Å²) in [6.07, 6.45) is 1.69. The zero-order valence-corrected chi connectivity index (χ0v) is 15.6. The number of carbonyl (C=O) groups excluding carboxylic acids is 1. The number of ether oxygens (including phenoxy) is 1. The summed E-state index contributed by atoms with van der Waals surface area (Å²) >= 11 is 1.56. The van der Waals surface area contributed by atoms with Crippen molar-refractivity contribution >= 4 is 28.7 Å². The highest BCUT2D eigenvalue weighted by molar-refractivity contribution is 7.15. The van der Waals surface area contributed by atoms with Gasteiger partial charge in [0.25, 0.3) is 0 Å². The average molecular weight is 365 g/mol. The summed E-state index contributed by atoms with van der Waals surface area (Å²) in [6.45, 7) is 5.93. The van der Waals surface area contributed by atoms with Crippen LogP contribution in [0.25, 0.3) is 0 Å². The number of esters is 1. The van der Waals surface area contributed by atoms with Crippen LogP contribution < -0.4 is 10.2 Å². The van der Waals surface area contributed by atoms with E-state index in [4.69, 9.17) is 4.74 Å². The molecule has 132 valence electrons. The molecule has 3 aromatic rings. The number of anilines is 1. The maximum absolute atomic E-state index is 12.1. The SMILES string of the molecule is Cc1cccc(C(=O)Oc2ccc(/C=N\Nc3nc(C)c(C)s3)cc2)c1. The largest absolute Gasteiger partial charge is 0.423 e. The van der Waals surface area contributed by atoms with E-state index in [1.807, 2.05) is 45.0 Å². The highest BCUT2D eigenvalue weighted by atomic mass is 32.1. The van der Waals surface area contributed by atoms with Gasteiger partial charge in [0.1, 0.15) is 5.75 Å². The smallest absolute Gasteiger partial charge is 0.343 e. The lowest BCUT2D eigenvalue weighted by molar-refractivity contribution is 0.0734. The summed E-state index contributed by atoms with van der Waals surface area (Å²) in [6, 6.07) is 14.5. The Labute approximate surface area is 156 Å². The van der Waals surface area contributed by atoms with Gasteiger partial charge < -0.3 is 4.74 Å². The van der Waals surface area contributed by atoms with Crippen LogP contribution in [0, 0.1) is 20.8 Å². The van der Waals surface area contributed by atoms with Gasteiger partial charge in [0.15, 0.2) is 0 Å². The van der Waals surface area contributed by atoms with E-state index in [9.17, 15) is 4.79 Å². The first kappa shape index (κ1) is 17.8. The zero-order valence-electron chi connectivity index (χ0n) is 14.8. The molecule has 1 N–H and O–H groups in total. The maximum Gasteiger partial charge on any atom is 0.343 e. The molecule has 6 heteroatoms. The van der Waals surface area contributed by atoms with E-state index in [2.05, 4.69) is 15.5 Å². The van der Waals surface area contributed by atoms with Crippen LogP contribution in [-0.2, 0) is 0 Å². The number of hydrazone groups is 1. The molecule has 1 heterocycles. The van der Waals surface area contributed by atoms with Crippen LogP contribution in [0.5, 0.6) is 5.75 Å². The highest BCUT2D eigenvalue weighted by Gasteiger charge is 2.08. The molecule has 2 aromatic carbocycles. The third kappa shape index (κ3) is 4.55. The number of nitrogens with one attached hydrogen (secondary N) is 1. The summed E-state index contributed by atoms with van der Waals surface area (Å²) in [5.74, 6) is 0.124. The Kier molecular flexibility index (Phi) is 5.43. The van der Waals surface area contributed by atoms with Crippen molar-refractivity contribution in [2.24, 2.45) is 5.10 Å². The van der Waals surface area contributed by atoms with E-state index in [0.29, 0.717) is 11.3 Å². The van der Waals surface area contributed by atoms with Crippen molar-refractivity contribution in [2.45, 2.75) is 20.8 Å². The normalized spacial score (nSPS) is 10.9. The van der Waals surface area contributed by atoms with E-state index < -0.39 is 0 Å². The van der Waals surface area contributed by atoms with Crippen molar-refractivity contribution in [2.75, 3.05) is 5.43 Å². The third-order valence-electron chi connectivity index (χ3n) is 3.75. The first-order valence-electron chi connectivity index (χ1n) is 8.13. The van der Waals surface area contributed by atoms with E-state index >= 15 is 0 Å². The van der Waals surface area contributed by atoms with Crippen LogP contribution in [0.1, 0.15) is 32.1 Å². The van der Waals surface area contributed by atoms with Crippen molar-refractivity contribution in [3.63, 3.8) is 0 Å². The lowest BCUT2D eigenvalue weighted by Gasteiger charge is -2.05. The molecular weight excluding hydrogens is 346 g/mol. The van der Waals surface area contributed by atoms with Crippen molar-refractivity contribution < 1.29 is 9.53 Å². The van der Waals surface area contributed by atoms with Gasteiger partial charge in [-0.15, -0.1) is 11.3 Å². The molecule has 0 unspecified atom stereocenters. The van der Waals surface area contributed by atoms with Crippen LogP contribution >= 0.6 is 11.3 Å². The second-order valence-corrected chi connectivity index (χ2v) is 7.06. The third-order valence-corrected chi connectivity index (χ3v) is 4.72. The van der Waals surface area contributed by atoms with Gasteiger partial charge in [-0.1, -0.05) is 17.7 Å². The lowest BCUT2D eigenvalue weighted by Crippen LogP contribution is -2.08. The summed E-state index contributed by atoms with van der Waals surface area (Å²) in [4.78, 5) is 17.7.